The van der Waals surface area contributed by atoms with Crippen LogP contribution in [0.15, 0.2) is 12.1 Å². The van der Waals surface area contributed by atoms with Crippen molar-refractivity contribution in [3.05, 3.63) is 34.5 Å². The van der Waals surface area contributed by atoms with Crippen LogP contribution in [0.25, 0.3) is 10.9 Å². The number of rotatable bonds is 2. The topological polar surface area (TPSA) is 15.8 Å². The number of hydrogen-bond donors (Lipinski definition) is 1. The normalized spacial score (nSPS) is 11.2. The standard InChI is InChI=1S/C14H19N/c1-5-6-12-11(4)15-14-10(3)8-7-9(2)13(12)14/h7-8,15H,5-6H2,1-4H3. The minimum atomic E-state index is 1.18. The van der Waals surface area contributed by atoms with E-state index in [0.717, 1.165) is 0 Å². The third-order valence-electron chi connectivity index (χ3n) is 3.19. The highest BCUT2D eigenvalue weighted by atomic mass is 14.7. The van der Waals surface area contributed by atoms with Gasteiger partial charge in [0.1, 0.15) is 0 Å². The van der Waals surface area contributed by atoms with E-state index in [4.69, 9.17) is 0 Å². The Morgan fingerprint density at radius 3 is 2.40 bits per heavy atom. The van der Waals surface area contributed by atoms with Crippen LogP contribution in [-0.2, 0) is 6.42 Å². The van der Waals surface area contributed by atoms with Crippen molar-refractivity contribution in [2.75, 3.05) is 0 Å². The summed E-state index contributed by atoms with van der Waals surface area (Å²) in [7, 11) is 0. The van der Waals surface area contributed by atoms with E-state index in [1.165, 1.54) is 46.1 Å². The van der Waals surface area contributed by atoms with Gasteiger partial charge in [-0.15, -0.1) is 0 Å². The number of aryl methyl sites for hydroxylation is 4. The smallest absolute Gasteiger partial charge is 0.0491 e. The van der Waals surface area contributed by atoms with Crippen LogP contribution >= 0.6 is 0 Å². The fraction of sp³-hybridized carbons (Fsp3) is 0.429. The van der Waals surface area contributed by atoms with Gasteiger partial charge in [0.15, 0.2) is 0 Å². The maximum absolute atomic E-state index is 3.52. The maximum Gasteiger partial charge on any atom is 0.0491 e. The summed E-state index contributed by atoms with van der Waals surface area (Å²) in [5, 5.41) is 1.45. The number of aromatic nitrogens is 1. The molecule has 0 radical (unpaired) electrons. The van der Waals surface area contributed by atoms with Gasteiger partial charge in [0.05, 0.1) is 0 Å². The summed E-state index contributed by atoms with van der Waals surface area (Å²) in [4.78, 5) is 3.52. The molecule has 0 amide bonds. The molecule has 0 aliphatic heterocycles. The number of aromatic amines is 1. The highest BCUT2D eigenvalue weighted by Crippen LogP contribution is 2.28. The Morgan fingerprint density at radius 2 is 1.73 bits per heavy atom. The molecule has 80 valence electrons. The lowest BCUT2D eigenvalue weighted by molar-refractivity contribution is 0.917. The van der Waals surface area contributed by atoms with Crippen LogP contribution in [0.1, 0.15) is 35.7 Å². The second-order valence-corrected chi connectivity index (χ2v) is 4.43. The Hall–Kier alpha value is -1.24. The molecule has 1 nitrogen and oxygen atoms in total. The lowest BCUT2D eigenvalue weighted by Gasteiger charge is -2.03. The Bertz CT molecular complexity index is 491. The molecule has 1 heteroatoms. The van der Waals surface area contributed by atoms with Crippen molar-refractivity contribution >= 4 is 10.9 Å². The van der Waals surface area contributed by atoms with Crippen LogP contribution in [0, 0.1) is 20.8 Å². The SMILES string of the molecule is CCCc1c(C)[nH]c2c(C)ccc(C)c12. The molecule has 0 aliphatic carbocycles. The number of nitrogens with one attached hydrogen (secondary N) is 1. The van der Waals surface area contributed by atoms with E-state index in [2.05, 4.69) is 44.8 Å². The molecule has 2 rings (SSSR count). The number of fused-ring (bicyclic) bond motifs is 1. The summed E-state index contributed by atoms with van der Waals surface area (Å²) in [6.07, 6.45) is 2.39. The van der Waals surface area contributed by atoms with E-state index in [1.54, 1.807) is 0 Å². The summed E-state index contributed by atoms with van der Waals surface area (Å²) in [6, 6.07) is 4.42. The molecule has 0 unspecified atom stereocenters. The molecule has 0 saturated carbocycles. The van der Waals surface area contributed by atoms with Crippen LogP contribution in [0.4, 0.5) is 0 Å². The van der Waals surface area contributed by atoms with Gasteiger partial charge in [-0.3, -0.25) is 0 Å². The van der Waals surface area contributed by atoms with Gasteiger partial charge in [-0.25, -0.2) is 0 Å². The quantitative estimate of drug-likeness (QED) is 0.754. The van der Waals surface area contributed by atoms with E-state index >= 15 is 0 Å². The van der Waals surface area contributed by atoms with Gasteiger partial charge >= 0.3 is 0 Å². The molecule has 0 atom stereocenters. The first-order valence-corrected chi connectivity index (χ1v) is 5.72. The van der Waals surface area contributed by atoms with Gasteiger partial charge in [-0.05, 0) is 43.9 Å². The molecular formula is C14H19N. The van der Waals surface area contributed by atoms with E-state index in [9.17, 15) is 0 Å². The van der Waals surface area contributed by atoms with Crippen LogP contribution in [0.5, 0.6) is 0 Å². The maximum atomic E-state index is 3.52. The summed E-state index contributed by atoms with van der Waals surface area (Å²) in [5.41, 5.74) is 6.92. The molecule has 2 aromatic rings. The lowest BCUT2D eigenvalue weighted by atomic mass is 10.0. The molecule has 0 bridgehead atoms. The second-order valence-electron chi connectivity index (χ2n) is 4.43. The summed E-state index contributed by atoms with van der Waals surface area (Å²) in [6.45, 7) is 8.80. The Kier molecular flexibility index (Phi) is 2.56. The van der Waals surface area contributed by atoms with Crippen molar-refractivity contribution in [2.45, 2.75) is 40.5 Å². The number of hydrogen-bond acceptors (Lipinski definition) is 0. The third-order valence-corrected chi connectivity index (χ3v) is 3.19. The predicted molar refractivity (Wildman–Crippen MR) is 66.5 cm³/mol. The van der Waals surface area contributed by atoms with Crippen LogP contribution in [0.2, 0.25) is 0 Å². The molecular weight excluding hydrogens is 182 g/mol. The zero-order valence-electron chi connectivity index (χ0n) is 10.1. The van der Waals surface area contributed by atoms with E-state index in [0.29, 0.717) is 0 Å². The van der Waals surface area contributed by atoms with Crippen LogP contribution in [0.3, 0.4) is 0 Å². The first kappa shape index (κ1) is 10.3. The average Bonchev–Trinajstić information content (AvgIpc) is 2.53. The van der Waals surface area contributed by atoms with E-state index in [-0.39, 0.29) is 0 Å². The van der Waals surface area contributed by atoms with Gasteiger partial charge < -0.3 is 4.98 Å². The monoisotopic (exact) mass is 201 g/mol. The molecule has 0 saturated heterocycles. The van der Waals surface area contributed by atoms with Crippen molar-refractivity contribution in [1.82, 2.24) is 4.98 Å². The molecule has 0 spiro atoms. The third kappa shape index (κ3) is 1.56. The van der Waals surface area contributed by atoms with E-state index < -0.39 is 0 Å². The van der Waals surface area contributed by atoms with Gasteiger partial charge in [-0.2, -0.15) is 0 Å². The van der Waals surface area contributed by atoms with Gasteiger partial charge in [-0.1, -0.05) is 25.5 Å². The van der Waals surface area contributed by atoms with Crippen molar-refractivity contribution in [3.8, 4) is 0 Å². The largest absolute Gasteiger partial charge is 0.358 e. The molecule has 0 fully saturated rings. The highest BCUT2D eigenvalue weighted by molar-refractivity contribution is 5.90. The number of benzene rings is 1. The van der Waals surface area contributed by atoms with Crippen molar-refractivity contribution < 1.29 is 0 Å². The Morgan fingerprint density at radius 1 is 1.07 bits per heavy atom. The molecule has 0 aliphatic rings. The molecule has 1 aromatic heterocycles. The minimum Gasteiger partial charge on any atom is -0.358 e. The zero-order valence-corrected chi connectivity index (χ0v) is 10.1. The summed E-state index contributed by atoms with van der Waals surface area (Å²) < 4.78 is 0. The minimum absolute atomic E-state index is 1.18. The average molecular weight is 201 g/mol. The first-order chi connectivity index (χ1) is 7.15. The fourth-order valence-corrected chi connectivity index (χ4v) is 2.37. The van der Waals surface area contributed by atoms with Gasteiger partial charge in [0.2, 0.25) is 0 Å². The summed E-state index contributed by atoms with van der Waals surface area (Å²) in [5.74, 6) is 0. The second kappa shape index (κ2) is 3.73. The molecule has 1 N–H and O–H groups in total. The fourth-order valence-electron chi connectivity index (χ4n) is 2.37. The van der Waals surface area contributed by atoms with Crippen molar-refractivity contribution in [2.24, 2.45) is 0 Å². The Balaban J connectivity index is 2.79. The molecule has 15 heavy (non-hydrogen) atoms. The first-order valence-electron chi connectivity index (χ1n) is 5.72. The molecule has 1 heterocycles. The lowest BCUT2D eigenvalue weighted by Crippen LogP contribution is -1.86. The zero-order chi connectivity index (χ0) is 11.0. The van der Waals surface area contributed by atoms with Gasteiger partial charge in [0.25, 0.3) is 0 Å². The van der Waals surface area contributed by atoms with Gasteiger partial charge in [0, 0.05) is 16.6 Å². The predicted octanol–water partition coefficient (Wildman–Crippen LogP) is 4.05. The van der Waals surface area contributed by atoms with Crippen molar-refractivity contribution in [3.63, 3.8) is 0 Å². The van der Waals surface area contributed by atoms with E-state index in [1.807, 2.05) is 0 Å². The van der Waals surface area contributed by atoms with Crippen LogP contribution in [-0.4, -0.2) is 4.98 Å². The summed E-state index contributed by atoms with van der Waals surface area (Å²) >= 11 is 0. The Labute approximate surface area is 91.5 Å². The molecule has 1 aromatic carbocycles. The highest BCUT2D eigenvalue weighted by Gasteiger charge is 2.10. The van der Waals surface area contributed by atoms with Crippen LogP contribution < -0.4 is 0 Å². The number of H-pyrrole nitrogens is 1. The van der Waals surface area contributed by atoms with Crippen molar-refractivity contribution in [1.29, 1.82) is 0 Å².